The van der Waals surface area contributed by atoms with Crippen LogP contribution in [0.5, 0.6) is 0 Å². The fraction of sp³-hybridized carbons (Fsp3) is 0.667. The topological polar surface area (TPSA) is 46.3 Å². The van der Waals surface area contributed by atoms with E-state index < -0.39 is 0 Å². The predicted molar refractivity (Wildman–Crippen MR) is 67.4 cm³/mol. The van der Waals surface area contributed by atoms with Crippen LogP contribution in [0.3, 0.4) is 0 Å². The summed E-state index contributed by atoms with van der Waals surface area (Å²) >= 11 is 5.75. The summed E-state index contributed by atoms with van der Waals surface area (Å²) in [5.41, 5.74) is 0.712. The van der Waals surface area contributed by atoms with Crippen LogP contribution < -0.4 is 0 Å². The molecule has 0 bridgehead atoms. The summed E-state index contributed by atoms with van der Waals surface area (Å²) in [4.78, 5) is 14.0. The average Bonchev–Trinajstić information content (AvgIpc) is 2.75. The van der Waals surface area contributed by atoms with E-state index in [2.05, 4.69) is 19.0 Å². The van der Waals surface area contributed by atoms with Crippen molar-refractivity contribution in [2.75, 3.05) is 12.4 Å². The predicted octanol–water partition coefficient (Wildman–Crippen LogP) is 2.85. The van der Waals surface area contributed by atoms with Gasteiger partial charge in [0.05, 0.1) is 5.69 Å². The number of halogens is 1. The molecule has 0 aliphatic heterocycles. The highest BCUT2D eigenvalue weighted by Gasteiger charge is 2.24. The van der Waals surface area contributed by atoms with Gasteiger partial charge in [0.15, 0.2) is 0 Å². The van der Waals surface area contributed by atoms with Crippen LogP contribution in [0, 0.1) is 6.92 Å². The van der Waals surface area contributed by atoms with Crippen LogP contribution in [0.1, 0.15) is 42.9 Å². The standard InChI is InChI=1S/C12H19ClN2O2/c1-4-10(5-2)15(7-6-13)12(16)11-8-9(3)14-17-11/h8,10H,4-7H2,1-3H3. The molecule has 1 rings (SSSR count). The van der Waals surface area contributed by atoms with Crippen molar-refractivity contribution in [2.24, 2.45) is 0 Å². The average molecular weight is 259 g/mol. The summed E-state index contributed by atoms with van der Waals surface area (Å²) in [6.07, 6.45) is 1.82. The maximum Gasteiger partial charge on any atom is 0.292 e. The number of aromatic nitrogens is 1. The van der Waals surface area contributed by atoms with E-state index in [0.717, 1.165) is 12.8 Å². The number of aryl methyl sites for hydroxylation is 1. The highest BCUT2D eigenvalue weighted by molar-refractivity contribution is 6.18. The first kappa shape index (κ1) is 14.0. The zero-order valence-electron chi connectivity index (χ0n) is 10.6. The Morgan fingerprint density at radius 1 is 1.53 bits per heavy atom. The molecule has 0 aliphatic carbocycles. The Hall–Kier alpha value is -1.03. The van der Waals surface area contributed by atoms with Crippen LogP contribution in [0.25, 0.3) is 0 Å². The van der Waals surface area contributed by atoms with Crippen LogP contribution in [0.4, 0.5) is 0 Å². The third-order valence-corrected chi connectivity index (χ3v) is 2.98. The van der Waals surface area contributed by atoms with Crippen molar-refractivity contribution in [3.05, 3.63) is 17.5 Å². The van der Waals surface area contributed by atoms with Crippen molar-refractivity contribution in [1.29, 1.82) is 0 Å². The highest BCUT2D eigenvalue weighted by atomic mass is 35.5. The highest BCUT2D eigenvalue weighted by Crippen LogP contribution is 2.14. The molecule has 1 aromatic rings. The number of hydrogen-bond donors (Lipinski definition) is 0. The van der Waals surface area contributed by atoms with Gasteiger partial charge in [-0.25, -0.2) is 0 Å². The summed E-state index contributed by atoms with van der Waals surface area (Å²) in [5, 5.41) is 3.74. The molecule has 0 saturated carbocycles. The van der Waals surface area contributed by atoms with E-state index in [1.54, 1.807) is 17.9 Å². The molecule has 5 heteroatoms. The van der Waals surface area contributed by atoms with Crippen LogP contribution in [0.15, 0.2) is 10.6 Å². The van der Waals surface area contributed by atoms with Crippen molar-refractivity contribution in [1.82, 2.24) is 10.1 Å². The number of carbonyl (C=O) groups is 1. The Kier molecular flexibility index (Phi) is 5.48. The summed E-state index contributed by atoms with van der Waals surface area (Å²) in [6, 6.07) is 1.86. The van der Waals surface area contributed by atoms with Crippen molar-refractivity contribution < 1.29 is 9.32 Å². The largest absolute Gasteiger partial charge is 0.351 e. The third-order valence-electron chi connectivity index (χ3n) is 2.81. The zero-order valence-corrected chi connectivity index (χ0v) is 11.3. The monoisotopic (exact) mass is 258 g/mol. The summed E-state index contributed by atoms with van der Waals surface area (Å²) in [5.74, 6) is 0.592. The second-order valence-electron chi connectivity index (χ2n) is 3.99. The van der Waals surface area contributed by atoms with Gasteiger partial charge in [0.2, 0.25) is 5.76 Å². The second kappa shape index (κ2) is 6.64. The lowest BCUT2D eigenvalue weighted by molar-refractivity contribution is 0.0639. The van der Waals surface area contributed by atoms with Gasteiger partial charge in [-0.3, -0.25) is 4.79 Å². The van der Waals surface area contributed by atoms with Gasteiger partial charge < -0.3 is 9.42 Å². The van der Waals surface area contributed by atoms with Gasteiger partial charge in [0, 0.05) is 24.5 Å². The molecule has 0 atom stereocenters. The molecule has 0 radical (unpaired) electrons. The molecule has 1 amide bonds. The van der Waals surface area contributed by atoms with Crippen molar-refractivity contribution in [2.45, 2.75) is 39.7 Å². The molecule has 0 fully saturated rings. The number of rotatable bonds is 6. The van der Waals surface area contributed by atoms with E-state index in [1.807, 2.05) is 0 Å². The van der Waals surface area contributed by atoms with E-state index in [9.17, 15) is 4.79 Å². The van der Waals surface area contributed by atoms with Crippen LogP contribution in [-0.4, -0.2) is 34.4 Å². The first-order valence-corrected chi connectivity index (χ1v) is 6.47. The van der Waals surface area contributed by atoms with E-state index in [0.29, 0.717) is 23.9 Å². The Morgan fingerprint density at radius 2 is 2.18 bits per heavy atom. The van der Waals surface area contributed by atoms with E-state index >= 15 is 0 Å². The Bertz CT molecular complexity index is 361. The molecule has 0 aromatic carbocycles. The number of hydrogen-bond acceptors (Lipinski definition) is 3. The lowest BCUT2D eigenvalue weighted by Gasteiger charge is -2.28. The third kappa shape index (κ3) is 3.46. The molecule has 0 aliphatic rings. The van der Waals surface area contributed by atoms with Crippen molar-refractivity contribution in [3.63, 3.8) is 0 Å². The summed E-state index contributed by atoms with van der Waals surface area (Å²) in [6.45, 7) is 6.46. The Balaban J connectivity index is 2.86. The fourth-order valence-corrected chi connectivity index (χ4v) is 2.06. The smallest absolute Gasteiger partial charge is 0.292 e. The van der Waals surface area contributed by atoms with Crippen molar-refractivity contribution in [3.8, 4) is 0 Å². The van der Waals surface area contributed by atoms with Crippen molar-refractivity contribution >= 4 is 17.5 Å². The Morgan fingerprint density at radius 3 is 2.59 bits per heavy atom. The number of alkyl halides is 1. The lowest BCUT2D eigenvalue weighted by Crippen LogP contribution is -2.40. The molecule has 96 valence electrons. The molecule has 0 N–H and O–H groups in total. The molecule has 1 aromatic heterocycles. The molecular weight excluding hydrogens is 240 g/mol. The van der Waals surface area contributed by atoms with E-state index in [1.165, 1.54) is 0 Å². The summed E-state index contributed by atoms with van der Waals surface area (Å²) < 4.78 is 5.01. The maximum absolute atomic E-state index is 12.2. The number of amides is 1. The molecule has 0 spiro atoms. The normalized spacial score (nSPS) is 10.9. The molecule has 1 heterocycles. The van der Waals surface area contributed by atoms with Gasteiger partial charge >= 0.3 is 0 Å². The minimum atomic E-state index is -0.125. The zero-order chi connectivity index (χ0) is 12.8. The molecule has 0 saturated heterocycles. The molecule has 0 unspecified atom stereocenters. The van der Waals surface area contributed by atoms with Gasteiger partial charge in [-0.2, -0.15) is 0 Å². The van der Waals surface area contributed by atoms with Gasteiger partial charge in [-0.1, -0.05) is 19.0 Å². The second-order valence-corrected chi connectivity index (χ2v) is 4.37. The van der Waals surface area contributed by atoms with E-state index in [4.69, 9.17) is 16.1 Å². The summed E-state index contributed by atoms with van der Waals surface area (Å²) in [7, 11) is 0. The SMILES string of the molecule is CCC(CC)N(CCCl)C(=O)c1cc(C)no1. The molecule has 17 heavy (non-hydrogen) atoms. The van der Waals surface area contributed by atoms with Crippen LogP contribution in [0.2, 0.25) is 0 Å². The quantitative estimate of drug-likeness (QED) is 0.737. The maximum atomic E-state index is 12.2. The first-order chi connectivity index (χ1) is 8.13. The van der Waals surface area contributed by atoms with Gasteiger partial charge in [-0.15, -0.1) is 11.6 Å². The molecular formula is C12H19ClN2O2. The lowest BCUT2D eigenvalue weighted by atomic mass is 10.1. The minimum absolute atomic E-state index is 0.125. The number of nitrogens with zero attached hydrogens (tertiary/aromatic N) is 2. The number of carbonyl (C=O) groups excluding carboxylic acids is 1. The van der Waals surface area contributed by atoms with Crippen LogP contribution >= 0.6 is 11.6 Å². The minimum Gasteiger partial charge on any atom is -0.351 e. The molecule has 4 nitrogen and oxygen atoms in total. The van der Waals surface area contributed by atoms with Gasteiger partial charge in [0.25, 0.3) is 5.91 Å². The first-order valence-electron chi connectivity index (χ1n) is 5.94. The van der Waals surface area contributed by atoms with Crippen LogP contribution in [-0.2, 0) is 0 Å². The van der Waals surface area contributed by atoms with Gasteiger partial charge in [0.1, 0.15) is 0 Å². The van der Waals surface area contributed by atoms with Gasteiger partial charge in [-0.05, 0) is 19.8 Å². The van der Waals surface area contributed by atoms with E-state index in [-0.39, 0.29) is 11.9 Å². The fourth-order valence-electron chi connectivity index (χ4n) is 1.88. The Labute approximate surface area is 107 Å².